The fourth-order valence-electron chi connectivity index (χ4n) is 3.13. The fraction of sp³-hybridized carbons (Fsp3) is 0.727. The van der Waals surface area contributed by atoms with Crippen LogP contribution < -0.4 is 16.5 Å². The number of alkyl halides is 2. The first kappa shape index (κ1) is 34.4. The Kier molecular flexibility index (Phi) is 12.3. The van der Waals surface area contributed by atoms with Gasteiger partial charge in [-0.1, -0.05) is 55.7 Å². The summed E-state index contributed by atoms with van der Waals surface area (Å²) in [6.45, 7) is 6.63. The van der Waals surface area contributed by atoms with Crippen molar-refractivity contribution < 1.29 is 33.2 Å². The maximum atomic E-state index is 12.4. The van der Waals surface area contributed by atoms with Gasteiger partial charge in [0.05, 0.1) is 19.3 Å². The van der Waals surface area contributed by atoms with Crippen LogP contribution in [0.15, 0.2) is 17.1 Å². The second-order valence-corrected chi connectivity index (χ2v) is 15.8. The Hall–Kier alpha value is -0.800. The van der Waals surface area contributed by atoms with Gasteiger partial charge in [-0.25, -0.2) is 9.88 Å². The van der Waals surface area contributed by atoms with Crippen LogP contribution in [0.25, 0.3) is 0 Å². The number of nitrogens with zero attached hydrogens (tertiary/aromatic N) is 2. The molecule has 0 aromatic carbocycles. The first-order chi connectivity index (χ1) is 17.9. The van der Waals surface area contributed by atoms with Crippen LogP contribution in [0.3, 0.4) is 0 Å². The zero-order chi connectivity index (χ0) is 29.8. The number of nitrogens with one attached hydrogen (secondary N) is 1. The number of halogens is 2. The molecule has 0 amide bonds. The van der Waals surface area contributed by atoms with E-state index < -0.39 is 52.5 Å². The summed E-state index contributed by atoms with van der Waals surface area (Å²) in [4.78, 5) is 40.6. The van der Waals surface area contributed by atoms with Gasteiger partial charge in [-0.3, -0.25) is 14.2 Å². The highest BCUT2D eigenvalue weighted by Crippen LogP contribution is 2.49. The van der Waals surface area contributed by atoms with E-state index in [9.17, 15) is 19.5 Å². The quantitative estimate of drug-likeness (QED) is 0.131. The lowest BCUT2D eigenvalue weighted by Crippen LogP contribution is -2.40. The summed E-state index contributed by atoms with van der Waals surface area (Å²) in [6.07, 6.45) is -3.04. The molecule has 0 radical (unpaired) electrons. The lowest BCUT2D eigenvalue weighted by Gasteiger charge is -2.28. The van der Waals surface area contributed by atoms with Crippen LogP contribution in [0.1, 0.15) is 47.8 Å². The molecule has 0 bridgehead atoms. The molecule has 4 N–H and O–H groups in total. The third-order valence-corrected chi connectivity index (χ3v) is 9.87. The van der Waals surface area contributed by atoms with E-state index in [1.54, 1.807) is 13.8 Å². The van der Waals surface area contributed by atoms with Crippen molar-refractivity contribution in [2.24, 2.45) is 5.41 Å². The Labute approximate surface area is 246 Å². The van der Waals surface area contributed by atoms with Crippen LogP contribution in [0.4, 0.5) is 5.82 Å². The van der Waals surface area contributed by atoms with Gasteiger partial charge in [0.25, 0.3) is 6.64 Å². The molecular weight excluding hydrogens is 614 g/mol. The standard InChI is InChI=1S/C22H35Cl2N4O8PS2/c1-12(2)35-17(30)13(3)27-37(38,33-9-10-39-19(31)21(4,5)6)34-11-14-16(29)22(23,24)18(36-14)28-8-7-15(25)26-20(28)32/h7-8,12-14,16,18,29H,9-11H2,1-6H3,(H,27,38)(H2,25,26,32)/t13-,14+,16+,18+,37?/m0/s1. The number of thioether (sulfide) groups is 1. The molecule has 1 fully saturated rings. The minimum absolute atomic E-state index is 0.0131. The Balaban J connectivity index is 2.16. The van der Waals surface area contributed by atoms with E-state index in [1.807, 2.05) is 20.8 Å². The van der Waals surface area contributed by atoms with Crippen molar-refractivity contribution in [3.63, 3.8) is 0 Å². The molecule has 1 aromatic heterocycles. The van der Waals surface area contributed by atoms with Gasteiger partial charge in [-0.05, 0) is 38.6 Å². The van der Waals surface area contributed by atoms with Crippen LogP contribution in [0, 0.1) is 5.41 Å². The second-order valence-electron chi connectivity index (χ2n) is 10.0. The molecule has 5 atom stereocenters. The second kappa shape index (κ2) is 13.9. The van der Waals surface area contributed by atoms with Crippen molar-refractivity contribution in [2.45, 2.75) is 76.5 Å². The van der Waals surface area contributed by atoms with E-state index >= 15 is 0 Å². The number of hydrogen-bond donors (Lipinski definition) is 3. The molecular formula is C22H35Cl2N4O8PS2. The van der Waals surface area contributed by atoms with Crippen molar-refractivity contribution in [1.82, 2.24) is 14.6 Å². The summed E-state index contributed by atoms with van der Waals surface area (Å²) in [6, 6.07) is 0.450. The molecule has 222 valence electrons. The average molecular weight is 650 g/mol. The van der Waals surface area contributed by atoms with Crippen LogP contribution in [-0.4, -0.2) is 73.4 Å². The maximum absolute atomic E-state index is 12.4. The fourth-order valence-corrected chi connectivity index (χ4v) is 6.99. The normalized spacial score (nSPS) is 23.4. The van der Waals surface area contributed by atoms with Crippen molar-refractivity contribution in [3.8, 4) is 0 Å². The first-order valence-electron chi connectivity index (χ1n) is 12.0. The maximum Gasteiger partial charge on any atom is 0.351 e. The van der Waals surface area contributed by atoms with Crippen LogP contribution >= 0.6 is 41.6 Å². The Morgan fingerprint density at radius 1 is 1.36 bits per heavy atom. The summed E-state index contributed by atoms with van der Waals surface area (Å²) in [5, 5.41) is 13.6. The van der Waals surface area contributed by atoms with Gasteiger partial charge in [0.1, 0.15) is 24.1 Å². The van der Waals surface area contributed by atoms with Crippen molar-refractivity contribution >= 4 is 70.3 Å². The average Bonchev–Trinajstić information content (AvgIpc) is 3.03. The molecule has 0 saturated carbocycles. The summed E-state index contributed by atoms with van der Waals surface area (Å²) >= 11 is 19.5. The number of ether oxygens (including phenoxy) is 2. The smallest absolute Gasteiger partial charge is 0.351 e. The van der Waals surface area contributed by atoms with Gasteiger partial charge < -0.3 is 29.4 Å². The highest BCUT2D eigenvalue weighted by atomic mass is 35.5. The molecule has 17 heteroatoms. The van der Waals surface area contributed by atoms with Gasteiger partial charge in [0.2, 0.25) is 0 Å². The molecule has 1 aromatic rings. The lowest BCUT2D eigenvalue weighted by molar-refractivity contribution is -0.149. The van der Waals surface area contributed by atoms with Gasteiger partial charge >= 0.3 is 11.7 Å². The molecule has 1 unspecified atom stereocenters. The number of esters is 1. The van der Waals surface area contributed by atoms with Crippen LogP contribution in [-0.2, 0) is 39.9 Å². The van der Waals surface area contributed by atoms with Crippen molar-refractivity contribution in [3.05, 3.63) is 22.7 Å². The zero-order valence-electron chi connectivity index (χ0n) is 22.5. The number of nitrogen functional groups attached to an aromatic ring is 1. The minimum atomic E-state index is -3.42. The Morgan fingerprint density at radius 2 is 2.00 bits per heavy atom. The van der Waals surface area contributed by atoms with E-state index in [4.69, 9.17) is 59.3 Å². The number of aliphatic hydroxyl groups excluding tert-OH is 1. The first-order valence-corrected chi connectivity index (χ1v) is 16.4. The van der Waals surface area contributed by atoms with E-state index in [2.05, 4.69) is 10.1 Å². The van der Waals surface area contributed by atoms with Gasteiger partial charge in [0, 0.05) is 17.4 Å². The number of rotatable bonds is 12. The highest BCUT2D eigenvalue weighted by Gasteiger charge is 2.56. The Morgan fingerprint density at radius 3 is 2.56 bits per heavy atom. The highest BCUT2D eigenvalue weighted by molar-refractivity contribution is 8.13. The number of hydrogen-bond acceptors (Lipinski definition) is 12. The van der Waals surface area contributed by atoms with E-state index in [0.717, 1.165) is 16.3 Å². The molecule has 2 rings (SSSR count). The summed E-state index contributed by atoms with van der Waals surface area (Å²) in [5.74, 6) is -0.299. The summed E-state index contributed by atoms with van der Waals surface area (Å²) in [5.41, 5.74) is 4.22. The number of carbonyl (C=O) groups excluding carboxylic acids is 2. The van der Waals surface area contributed by atoms with Gasteiger partial charge in [-0.2, -0.15) is 4.98 Å². The third-order valence-electron chi connectivity index (χ3n) is 5.14. The SMILES string of the molecule is CC(C)OC(=O)[C@H](C)NP(=S)(OCCSC(=O)C(C)(C)C)OC[C@H]1O[C@@H](n2ccc(N)nc2=O)C(Cl)(Cl)[C@@H]1O. The predicted molar refractivity (Wildman–Crippen MR) is 154 cm³/mol. The summed E-state index contributed by atoms with van der Waals surface area (Å²) in [7, 11) is 0. The lowest BCUT2D eigenvalue weighted by atomic mass is 10.00. The van der Waals surface area contributed by atoms with Crippen LogP contribution in [0.2, 0.25) is 0 Å². The van der Waals surface area contributed by atoms with Gasteiger partial charge in [0.15, 0.2) is 15.7 Å². The minimum Gasteiger partial charge on any atom is -0.462 e. The number of anilines is 1. The zero-order valence-corrected chi connectivity index (χ0v) is 26.5. The number of aliphatic hydroxyl groups is 1. The monoisotopic (exact) mass is 648 g/mol. The largest absolute Gasteiger partial charge is 0.462 e. The molecule has 0 spiro atoms. The van der Waals surface area contributed by atoms with E-state index in [0.29, 0.717) is 0 Å². The molecule has 39 heavy (non-hydrogen) atoms. The number of carbonyl (C=O) groups is 2. The van der Waals surface area contributed by atoms with Crippen LogP contribution in [0.5, 0.6) is 0 Å². The predicted octanol–water partition coefficient (Wildman–Crippen LogP) is 2.75. The third kappa shape index (κ3) is 9.63. The molecule has 12 nitrogen and oxygen atoms in total. The van der Waals surface area contributed by atoms with E-state index in [-0.39, 0.29) is 36.0 Å². The topological polar surface area (TPSA) is 164 Å². The Bertz CT molecular complexity index is 1130. The molecule has 2 heterocycles. The van der Waals surface area contributed by atoms with Crippen molar-refractivity contribution in [1.29, 1.82) is 0 Å². The van der Waals surface area contributed by atoms with Crippen molar-refractivity contribution in [2.75, 3.05) is 24.7 Å². The molecule has 1 aliphatic rings. The number of nitrogens with two attached hydrogens (primary N) is 1. The van der Waals surface area contributed by atoms with E-state index in [1.165, 1.54) is 19.2 Å². The summed E-state index contributed by atoms with van der Waals surface area (Å²) < 4.78 is 21.8. The molecule has 1 aliphatic heterocycles. The molecule has 0 aliphatic carbocycles. The molecule has 1 saturated heterocycles. The number of aromatic nitrogens is 2. The van der Waals surface area contributed by atoms with Gasteiger partial charge in [-0.15, -0.1) is 0 Å².